The molecular formula is C10H16F3NO. The first-order valence-electron chi connectivity index (χ1n) is 5.20. The van der Waals surface area contributed by atoms with Crippen LogP contribution in [0.4, 0.5) is 13.2 Å². The Morgan fingerprint density at radius 2 is 2.07 bits per heavy atom. The molecule has 15 heavy (non-hydrogen) atoms. The summed E-state index contributed by atoms with van der Waals surface area (Å²) in [6.45, 7) is -0.0834. The highest BCUT2D eigenvalue weighted by Gasteiger charge is 2.31. The van der Waals surface area contributed by atoms with Gasteiger partial charge in [0.2, 0.25) is 0 Å². The lowest BCUT2D eigenvalue weighted by atomic mass is 9.93. The molecule has 0 aromatic rings. The number of halogens is 3. The first-order chi connectivity index (χ1) is 6.90. The van der Waals surface area contributed by atoms with E-state index in [1.165, 1.54) is 4.90 Å². The molecule has 1 atom stereocenters. The van der Waals surface area contributed by atoms with Gasteiger partial charge in [0.05, 0.1) is 12.5 Å². The first kappa shape index (κ1) is 12.5. The summed E-state index contributed by atoms with van der Waals surface area (Å²) in [5.41, 5.74) is 0. The Hall–Kier alpha value is -0.580. The lowest BCUT2D eigenvalue weighted by Gasteiger charge is -2.30. The van der Waals surface area contributed by atoms with Crippen molar-refractivity contribution in [3.63, 3.8) is 0 Å². The quantitative estimate of drug-likeness (QED) is 0.732. The topological polar surface area (TPSA) is 20.3 Å². The van der Waals surface area contributed by atoms with E-state index in [1.54, 1.807) is 7.05 Å². The number of Topliss-reactive ketones (excluding diaryl/α,β-unsaturated/α-hetero) is 1. The van der Waals surface area contributed by atoms with Crippen molar-refractivity contribution in [2.75, 3.05) is 13.6 Å². The normalized spacial score (nSPS) is 23.5. The summed E-state index contributed by atoms with van der Waals surface area (Å²) in [6.07, 6.45) is -1.94. The van der Waals surface area contributed by atoms with Gasteiger partial charge in [-0.05, 0) is 19.9 Å². The van der Waals surface area contributed by atoms with Gasteiger partial charge in [0, 0.05) is 13.0 Å². The van der Waals surface area contributed by atoms with Crippen LogP contribution >= 0.6 is 0 Å². The Morgan fingerprint density at radius 3 is 2.60 bits per heavy atom. The third-order valence-corrected chi connectivity index (χ3v) is 2.80. The second kappa shape index (κ2) is 4.96. The van der Waals surface area contributed by atoms with Gasteiger partial charge in [-0.1, -0.05) is 6.42 Å². The lowest BCUT2D eigenvalue weighted by molar-refractivity contribution is -0.141. The highest BCUT2D eigenvalue weighted by atomic mass is 19.4. The van der Waals surface area contributed by atoms with Crippen molar-refractivity contribution in [1.29, 1.82) is 0 Å². The van der Waals surface area contributed by atoms with Crippen LogP contribution in [-0.2, 0) is 4.79 Å². The number of nitrogens with zero attached hydrogens (tertiary/aromatic N) is 1. The van der Waals surface area contributed by atoms with Gasteiger partial charge in [0.1, 0.15) is 5.78 Å². The van der Waals surface area contributed by atoms with Gasteiger partial charge in [-0.2, -0.15) is 13.2 Å². The van der Waals surface area contributed by atoms with Gasteiger partial charge in [-0.15, -0.1) is 0 Å². The van der Waals surface area contributed by atoms with E-state index in [0.29, 0.717) is 12.8 Å². The molecule has 0 aliphatic heterocycles. The molecule has 1 rings (SSSR count). The molecule has 1 aliphatic carbocycles. The summed E-state index contributed by atoms with van der Waals surface area (Å²) in [6, 6.07) is -0.291. The van der Waals surface area contributed by atoms with Gasteiger partial charge >= 0.3 is 6.18 Å². The number of carbonyl (C=O) groups is 1. The molecule has 0 aromatic carbocycles. The standard InChI is InChI=1S/C10H16F3NO/c1-14(7-6-10(11,12)13)8-4-2-3-5-9(8)15/h8H,2-7H2,1H3. The molecule has 1 fully saturated rings. The molecule has 1 aliphatic rings. The summed E-state index contributed by atoms with van der Waals surface area (Å²) in [5.74, 6) is 0.0888. The number of carbonyl (C=O) groups excluding carboxylic acids is 1. The van der Waals surface area contributed by atoms with Gasteiger partial charge < -0.3 is 0 Å². The summed E-state index contributed by atoms with van der Waals surface area (Å²) >= 11 is 0. The van der Waals surface area contributed by atoms with E-state index < -0.39 is 12.6 Å². The minimum Gasteiger partial charge on any atom is -0.298 e. The van der Waals surface area contributed by atoms with Crippen molar-refractivity contribution in [1.82, 2.24) is 4.90 Å². The molecule has 88 valence electrons. The van der Waals surface area contributed by atoms with Crippen molar-refractivity contribution < 1.29 is 18.0 Å². The van der Waals surface area contributed by atoms with E-state index in [9.17, 15) is 18.0 Å². The molecule has 5 heteroatoms. The molecule has 0 heterocycles. The van der Waals surface area contributed by atoms with Gasteiger partial charge in [-0.25, -0.2) is 0 Å². The van der Waals surface area contributed by atoms with E-state index in [0.717, 1.165) is 12.8 Å². The maximum atomic E-state index is 12.0. The Bertz CT molecular complexity index is 227. The average molecular weight is 223 g/mol. The van der Waals surface area contributed by atoms with Crippen LogP contribution in [0.5, 0.6) is 0 Å². The molecule has 0 saturated heterocycles. The van der Waals surface area contributed by atoms with Crippen LogP contribution in [-0.4, -0.2) is 36.5 Å². The fourth-order valence-corrected chi connectivity index (χ4v) is 1.89. The monoisotopic (exact) mass is 223 g/mol. The van der Waals surface area contributed by atoms with Crippen molar-refractivity contribution >= 4 is 5.78 Å². The maximum Gasteiger partial charge on any atom is 0.390 e. The minimum atomic E-state index is -4.13. The molecule has 0 amide bonds. The van der Waals surface area contributed by atoms with Gasteiger partial charge in [0.25, 0.3) is 0 Å². The molecule has 0 radical (unpaired) electrons. The van der Waals surface area contributed by atoms with E-state index in [1.807, 2.05) is 0 Å². The Morgan fingerprint density at radius 1 is 1.40 bits per heavy atom. The summed E-state index contributed by atoms with van der Waals surface area (Å²) in [4.78, 5) is 13.0. The molecule has 0 aromatic heterocycles. The zero-order valence-electron chi connectivity index (χ0n) is 8.81. The number of alkyl halides is 3. The number of ketones is 1. The zero-order valence-corrected chi connectivity index (χ0v) is 8.81. The van der Waals surface area contributed by atoms with Gasteiger partial charge in [-0.3, -0.25) is 9.69 Å². The molecule has 0 spiro atoms. The average Bonchev–Trinajstić information content (AvgIpc) is 2.14. The number of hydrogen-bond donors (Lipinski definition) is 0. The third-order valence-electron chi connectivity index (χ3n) is 2.80. The van der Waals surface area contributed by atoms with Crippen molar-refractivity contribution in [3.8, 4) is 0 Å². The highest BCUT2D eigenvalue weighted by Crippen LogP contribution is 2.23. The molecule has 1 unspecified atom stereocenters. The van der Waals surface area contributed by atoms with Crippen LogP contribution in [0.1, 0.15) is 32.1 Å². The smallest absolute Gasteiger partial charge is 0.298 e. The fourth-order valence-electron chi connectivity index (χ4n) is 1.89. The fraction of sp³-hybridized carbons (Fsp3) is 0.900. The van der Waals surface area contributed by atoms with E-state index in [2.05, 4.69) is 0 Å². The lowest BCUT2D eigenvalue weighted by Crippen LogP contribution is -2.41. The Labute approximate surface area is 87.4 Å². The van der Waals surface area contributed by atoms with E-state index in [4.69, 9.17) is 0 Å². The molecule has 1 saturated carbocycles. The van der Waals surface area contributed by atoms with Crippen LogP contribution in [0.15, 0.2) is 0 Å². The summed E-state index contributed by atoms with van der Waals surface area (Å²) < 4.78 is 35.9. The van der Waals surface area contributed by atoms with Crippen LogP contribution < -0.4 is 0 Å². The minimum absolute atomic E-state index is 0.0834. The molecule has 2 nitrogen and oxygen atoms in total. The van der Waals surface area contributed by atoms with Gasteiger partial charge in [0.15, 0.2) is 0 Å². The maximum absolute atomic E-state index is 12.0. The number of rotatable bonds is 3. The predicted octanol–water partition coefficient (Wildman–Crippen LogP) is 2.38. The summed E-state index contributed by atoms with van der Waals surface area (Å²) in [5, 5.41) is 0. The molecule has 0 bridgehead atoms. The first-order valence-corrected chi connectivity index (χ1v) is 5.20. The van der Waals surface area contributed by atoms with E-state index in [-0.39, 0.29) is 18.4 Å². The second-order valence-corrected chi connectivity index (χ2v) is 4.07. The molecule has 0 N–H and O–H groups in total. The predicted molar refractivity (Wildman–Crippen MR) is 50.6 cm³/mol. The second-order valence-electron chi connectivity index (χ2n) is 4.07. The van der Waals surface area contributed by atoms with Crippen molar-refractivity contribution in [2.45, 2.75) is 44.3 Å². The summed E-state index contributed by atoms with van der Waals surface area (Å²) in [7, 11) is 1.60. The van der Waals surface area contributed by atoms with Crippen molar-refractivity contribution in [3.05, 3.63) is 0 Å². The Kier molecular flexibility index (Phi) is 4.13. The van der Waals surface area contributed by atoms with Crippen LogP contribution in [0.25, 0.3) is 0 Å². The highest BCUT2D eigenvalue weighted by molar-refractivity contribution is 5.84. The zero-order chi connectivity index (χ0) is 11.5. The van der Waals surface area contributed by atoms with E-state index >= 15 is 0 Å². The van der Waals surface area contributed by atoms with Crippen LogP contribution in [0.3, 0.4) is 0 Å². The van der Waals surface area contributed by atoms with Crippen LogP contribution in [0, 0.1) is 0 Å². The SMILES string of the molecule is CN(CCC(F)(F)F)C1CCCCC1=O. The van der Waals surface area contributed by atoms with Crippen LogP contribution in [0.2, 0.25) is 0 Å². The van der Waals surface area contributed by atoms with Crippen molar-refractivity contribution in [2.24, 2.45) is 0 Å². The Balaban J connectivity index is 2.38. The number of hydrogen-bond acceptors (Lipinski definition) is 2. The largest absolute Gasteiger partial charge is 0.390 e. The third kappa shape index (κ3) is 4.20. The number of likely N-dealkylation sites (N-methyl/N-ethyl adjacent to an activating group) is 1. The molecular weight excluding hydrogens is 207 g/mol.